The molecule has 21 heavy (non-hydrogen) atoms. The molecule has 5 heteroatoms. The molecular weight excluding hydrogens is 264 g/mol. The molecule has 0 unspecified atom stereocenters. The number of hydrogen-bond acceptors (Lipinski definition) is 4. The van der Waals surface area contributed by atoms with E-state index in [2.05, 4.69) is 20.6 Å². The normalized spacial score (nSPS) is 14.9. The standard InChI is InChI=1S/C16H18N4O/c21-16(20-13-8-4-5-9-13)14-10-18-15(11-17-14)19-12-6-2-1-3-7-12/h1-3,6-7,10-11,13H,4-5,8-9H2,(H,18,19)(H,20,21). The van der Waals surface area contributed by atoms with Gasteiger partial charge in [-0.15, -0.1) is 0 Å². The second-order valence-corrected chi connectivity index (χ2v) is 5.23. The predicted molar refractivity (Wildman–Crippen MR) is 81.5 cm³/mol. The van der Waals surface area contributed by atoms with Gasteiger partial charge in [-0.3, -0.25) is 4.79 Å². The summed E-state index contributed by atoms with van der Waals surface area (Å²) in [5, 5.41) is 6.14. The fourth-order valence-corrected chi connectivity index (χ4v) is 2.51. The minimum atomic E-state index is -0.138. The summed E-state index contributed by atoms with van der Waals surface area (Å²) < 4.78 is 0. The average Bonchev–Trinajstić information content (AvgIpc) is 3.02. The van der Waals surface area contributed by atoms with Gasteiger partial charge in [0.05, 0.1) is 12.4 Å². The second-order valence-electron chi connectivity index (χ2n) is 5.23. The number of nitrogens with zero attached hydrogens (tertiary/aromatic N) is 2. The summed E-state index contributed by atoms with van der Waals surface area (Å²) >= 11 is 0. The maximum absolute atomic E-state index is 12.0. The first-order chi connectivity index (χ1) is 10.3. The lowest BCUT2D eigenvalue weighted by Gasteiger charge is -2.11. The van der Waals surface area contributed by atoms with E-state index in [1.807, 2.05) is 30.3 Å². The van der Waals surface area contributed by atoms with Crippen LogP contribution in [0.2, 0.25) is 0 Å². The molecule has 1 fully saturated rings. The topological polar surface area (TPSA) is 66.9 Å². The van der Waals surface area contributed by atoms with Crippen LogP contribution < -0.4 is 10.6 Å². The van der Waals surface area contributed by atoms with Gasteiger partial charge in [0.1, 0.15) is 11.5 Å². The van der Waals surface area contributed by atoms with Gasteiger partial charge in [-0.1, -0.05) is 31.0 Å². The molecule has 1 aromatic heterocycles. The van der Waals surface area contributed by atoms with Crippen molar-refractivity contribution >= 4 is 17.4 Å². The molecule has 1 aliphatic carbocycles. The smallest absolute Gasteiger partial charge is 0.271 e. The molecule has 1 amide bonds. The maximum Gasteiger partial charge on any atom is 0.271 e. The minimum Gasteiger partial charge on any atom is -0.348 e. The van der Waals surface area contributed by atoms with Crippen LogP contribution in [0.25, 0.3) is 0 Å². The lowest BCUT2D eigenvalue weighted by atomic mass is 10.2. The van der Waals surface area contributed by atoms with Gasteiger partial charge in [0, 0.05) is 11.7 Å². The van der Waals surface area contributed by atoms with Gasteiger partial charge >= 0.3 is 0 Å². The van der Waals surface area contributed by atoms with E-state index in [1.54, 1.807) is 6.20 Å². The maximum atomic E-state index is 12.0. The zero-order chi connectivity index (χ0) is 14.5. The number of nitrogens with one attached hydrogen (secondary N) is 2. The Morgan fingerprint density at radius 3 is 2.48 bits per heavy atom. The van der Waals surface area contributed by atoms with E-state index >= 15 is 0 Å². The van der Waals surface area contributed by atoms with E-state index in [4.69, 9.17) is 0 Å². The number of anilines is 2. The molecule has 2 N–H and O–H groups in total. The van der Waals surface area contributed by atoms with Crippen molar-refractivity contribution in [2.75, 3.05) is 5.32 Å². The Morgan fingerprint density at radius 2 is 1.81 bits per heavy atom. The number of aromatic nitrogens is 2. The first-order valence-electron chi connectivity index (χ1n) is 7.26. The molecule has 0 spiro atoms. The highest BCUT2D eigenvalue weighted by atomic mass is 16.1. The molecule has 1 saturated carbocycles. The molecule has 0 bridgehead atoms. The van der Waals surface area contributed by atoms with Crippen molar-refractivity contribution in [3.05, 3.63) is 48.4 Å². The van der Waals surface area contributed by atoms with Crippen LogP contribution in [0.15, 0.2) is 42.7 Å². The number of benzene rings is 1. The number of carbonyl (C=O) groups is 1. The van der Waals surface area contributed by atoms with Crippen molar-refractivity contribution in [2.45, 2.75) is 31.7 Å². The molecule has 2 aromatic rings. The third-order valence-corrected chi connectivity index (χ3v) is 3.62. The van der Waals surface area contributed by atoms with Crippen LogP contribution >= 0.6 is 0 Å². The second kappa shape index (κ2) is 6.35. The van der Waals surface area contributed by atoms with Crippen molar-refractivity contribution in [1.82, 2.24) is 15.3 Å². The molecule has 1 heterocycles. The fraction of sp³-hybridized carbons (Fsp3) is 0.312. The highest BCUT2D eigenvalue weighted by Gasteiger charge is 2.18. The Morgan fingerprint density at radius 1 is 1.05 bits per heavy atom. The number of hydrogen-bond donors (Lipinski definition) is 2. The summed E-state index contributed by atoms with van der Waals surface area (Å²) in [6, 6.07) is 10.0. The zero-order valence-corrected chi connectivity index (χ0v) is 11.7. The monoisotopic (exact) mass is 282 g/mol. The summed E-state index contributed by atoms with van der Waals surface area (Å²) in [6.07, 6.45) is 7.60. The van der Waals surface area contributed by atoms with E-state index in [0.29, 0.717) is 17.6 Å². The van der Waals surface area contributed by atoms with Gasteiger partial charge in [-0.05, 0) is 25.0 Å². The third kappa shape index (κ3) is 3.56. The van der Waals surface area contributed by atoms with Crippen LogP contribution in [0.5, 0.6) is 0 Å². The molecule has 0 saturated heterocycles. The number of para-hydroxylation sites is 1. The molecule has 108 valence electrons. The summed E-state index contributed by atoms with van der Waals surface area (Å²) in [7, 11) is 0. The summed E-state index contributed by atoms with van der Waals surface area (Å²) in [5.41, 5.74) is 1.30. The molecule has 1 aromatic carbocycles. The highest BCUT2D eigenvalue weighted by molar-refractivity contribution is 5.92. The highest BCUT2D eigenvalue weighted by Crippen LogP contribution is 2.18. The van der Waals surface area contributed by atoms with E-state index in [1.165, 1.54) is 19.0 Å². The fourth-order valence-electron chi connectivity index (χ4n) is 2.51. The molecule has 3 rings (SSSR count). The molecule has 1 aliphatic rings. The van der Waals surface area contributed by atoms with Crippen molar-refractivity contribution in [3.8, 4) is 0 Å². The SMILES string of the molecule is O=C(NC1CCCC1)c1cnc(Nc2ccccc2)cn1. The van der Waals surface area contributed by atoms with Crippen LogP contribution in [0, 0.1) is 0 Å². The Bertz CT molecular complexity index is 591. The van der Waals surface area contributed by atoms with Crippen LogP contribution in [0.1, 0.15) is 36.2 Å². The van der Waals surface area contributed by atoms with Crippen LogP contribution in [0.4, 0.5) is 11.5 Å². The first kappa shape index (κ1) is 13.5. The lowest BCUT2D eigenvalue weighted by molar-refractivity contribution is 0.0932. The third-order valence-electron chi connectivity index (χ3n) is 3.62. The van der Waals surface area contributed by atoms with Gasteiger partial charge in [0.2, 0.25) is 0 Å². The minimum absolute atomic E-state index is 0.138. The Balaban J connectivity index is 1.62. The zero-order valence-electron chi connectivity index (χ0n) is 11.7. The summed E-state index contributed by atoms with van der Waals surface area (Å²) in [4.78, 5) is 20.5. The summed E-state index contributed by atoms with van der Waals surface area (Å²) in [5.74, 6) is 0.485. The Labute approximate surface area is 123 Å². The van der Waals surface area contributed by atoms with Crippen molar-refractivity contribution in [2.24, 2.45) is 0 Å². The van der Waals surface area contributed by atoms with E-state index in [0.717, 1.165) is 18.5 Å². The van der Waals surface area contributed by atoms with Gasteiger partial charge in [0.25, 0.3) is 5.91 Å². The van der Waals surface area contributed by atoms with Crippen molar-refractivity contribution in [1.29, 1.82) is 0 Å². The average molecular weight is 282 g/mol. The largest absolute Gasteiger partial charge is 0.348 e. The molecule has 0 atom stereocenters. The molecule has 0 aliphatic heterocycles. The molecular formula is C16H18N4O. The number of amides is 1. The Kier molecular flexibility index (Phi) is 4.09. The van der Waals surface area contributed by atoms with E-state index < -0.39 is 0 Å². The van der Waals surface area contributed by atoms with E-state index in [9.17, 15) is 4.79 Å². The van der Waals surface area contributed by atoms with Gasteiger partial charge in [-0.25, -0.2) is 9.97 Å². The van der Waals surface area contributed by atoms with Crippen LogP contribution in [-0.2, 0) is 0 Å². The van der Waals surface area contributed by atoms with Gasteiger partial charge in [0.15, 0.2) is 0 Å². The Hall–Kier alpha value is -2.43. The molecule has 5 nitrogen and oxygen atoms in total. The number of carbonyl (C=O) groups excluding carboxylic acids is 1. The molecule has 0 radical (unpaired) electrons. The quantitative estimate of drug-likeness (QED) is 0.905. The van der Waals surface area contributed by atoms with Crippen LogP contribution in [0.3, 0.4) is 0 Å². The van der Waals surface area contributed by atoms with Gasteiger partial charge < -0.3 is 10.6 Å². The van der Waals surface area contributed by atoms with Gasteiger partial charge in [-0.2, -0.15) is 0 Å². The first-order valence-corrected chi connectivity index (χ1v) is 7.26. The van der Waals surface area contributed by atoms with E-state index in [-0.39, 0.29) is 5.91 Å². The van der Waals surface area contributed by atoms with Crippen molar-refractivity contribution < 1.29 is 4.79 Å². The lowest BCUT2D eigenvalue weighted by Crippen LogP contribution is -2.33. The number of rotatable bonds is 4. The summed E-state index contributed by atoms with van der Waals surface area (Å²) in [6.45, 7) is 0. The van der Waals surface area contributed by atoms with Crippen molar-refractivity contribution in [3.63, 3.8) is 0 Å². The predicted octanol–water partition coefficient (Wildman–Crippen LogP) is 2.89. The van der Waals surface area contributed by atoms with Crippen LogP contribution in [-0.4, -0.2) is 21.9 Å².